The van der Waals surface area contributed by atoms with Gasteiger partial charge in [-0.3, -0.25) is 4.40 Å². The zero-order valence-electron chi connectivity index (χ0n) is 14.9. The van der Waals surface area contributed by atoms with E-state index in [9.17, 15) is 10.2 Å². The Morgan fingerprint density at radius 3 is 2.69 bits per heavy atom. The molecule has 3 N–H and O–H groups in total. The van der Waals surface area contributed by atoms with Gasteiger partial charge in [-0.05, 0) is 25.5 Å². The second-order valence-corrected chi connectivity index (χ2v) is 6.54. The largest absolute Gasteiger partial charge is 0.390 e. The molecule has 4 rings (SSSR count). The Balaban J connectivity index is 1.90. The van der Waals surface area contributed by atoms with Crippen LogP contribution in [0.1, 0.15) is 41.6 Å². The lowest BCUT2D eigenvalue weighted by Gasteiger charge is -2.37. The van der Waals surface area contributed by atoms with Gasteiger partial charge in [0.05, 0.1) is 29.7 Å². The summed E-state index contributed by atoms with van der Waals surface area (Å²) in [6.07, 6.45) is 0.713. The number of rotatable bonds is 4. The molecule has 3 atom stereocenters. The van der Waals surface area contributed by atoms with E-state index in [0.29, 0.717) is 6.61 Å². The van der Waals surface area contributed by atoms with E-state index < -0.39 is 12.2 Å². The first-order valence-electron chi connectivity index (χ1n) is 8.88. The number of aliphatic hydroxyl groups is 2. The molecule has 1 aliphatic rings. The van der Waals surface area contributed by atoms with Crippen LogP contribution in [-0.4, -0.2) is 32.3 Å². The van der Waals surface area contributed by atoms with Crippen LogP contribution in [0, 0.1) is 6.92 Å². The number of benzene rings is 1. The Bertz CT molecular complexity index is 923. The summed E-state index contributed by atoms with van der Waals surface area (Å²) in [7, 11) is 0. The summed E-state index contributed by atoms with van der Waals surface area (Å²) in [5.41, 5.74) is 5.00. The molecular weight excluding hydrogens is 330 g/mol. The van der Waals surface area contributed by atoms with Crippen molar-refractivity contribution in [3.05, 3.63) is 65.1 Å². The van der Waals surface area contributed by atoms with Gasteiger partial charge in [-0.1, -0.05) is 30.3 Å². The highest BCUT2D eigenvalue weighted by atomic mass is 16.5. The second kappa shape index (κ2) is 6.72. The SMILES string of the molecule is CCO[C@@H]1c2ccn3c(CO)c(C)nc3c2N[C@H](c2ccccc2)[C@H]1O. The second-order valence-electron chi connectivity index (χ2n) is 6.54. The van der Waals surface area contributed by atoms with Crippen LogP contribution < -0.4 is 5.32 Å². The quantitative estimate of drug-likeness (QED) is 0.672. The van der Waals surface area contributed by atoms with Gasteiger partial charge in [0.2, 0.25) is 0 Å². The maximum absolute atomic E-state index is 11.0. The number of ether oxygens (including phenoxy) is 1. The first kappa shape index (κ1) is 17.0. The maximum atomic E-state index is 11.0. The minimum atomic E-state index is -0.722. The van der Waals surface area contributed by atoms with Gasteiger partial charge in [0.25, 0.3) is 0 Å². The number of imidazole rings is 1. The van der Waals surface area contributed by atoms with Crippen molar-refractivity contribution in [2.45, 2.75) is 38.7 Å². The van der Waals surface area contributed by atoms with E-state index in [1.807, 2.05) is 60.8 Å². The molecule has 6 nitrogen and oxygen atoms in total. The minimum absolute atomic E-state index is 0.0780. The molecule has 0 unspecified atom stereocenters. The molecule has 0 amide bonds. The number of aryl methyl sites for hydroxylation is 1. The van der Waals surface area contributed by atoms with E-state index in [1.165, 1.54) is 0 Å². The molecule has 0 saturated carbocycles. The number of aliphatic hydroxyl groups excluding tert-OH is 2. The van der Waals surface area contributed by atoms with E-state index in [0.717, 1.165) is 33.8 Å². The lowest BCUT2D eigenvalue weighted by molar-refractivity contribution is -0.0462. The third kappa shape index (κ3) is 2.58. The van der Waals surface area contributed by atoms with Crippen molar-refractivity contribution in [1.82, 2.24) is 9.38 Å². The average Bonchev–Trinajstić information content (AvgIpc) is 2.99. The van der Waals surface area contributed by atoms with Crippen molar-refractivity contribution in [2.24, 2.45) is 0 Å². The number of anilines is 1. The topological polar surface area (TPSA) is 79.0 Å². The van der Waals surface area contributed by atoms with Crippen LogP contribution in [-0.2, 0) is 11.3 Å². The number of fused-ring (bicyclic) bond motifs is 3. The summed E-state index contributed by atoms with van der Waals surface area (Å²) in [6, 6.07) is 11.5. The van der Waals surface area contributed by atoms with Crippen LogP contribution in [0.3, 0.4) is 0 Å². The lowest BCUT2D eigenvalue weighted by Crippen LogP contribution is -2.37. The lowest BCUT2D eigenvalue weighted by atomic mass is 9.89. The molecule has 1 aliphatic heterocycles. The van der Waals surface area contributed by atoms with Crippen LogP contribution in [0.25, 0.3) is 5.65 Å². The number of nitrogens with one attached hydrogen (secondary N) is 1. The highest BCUT2D eigenvalue weighted by Gasteiger charge is 2.38. The molecular formula is C20H23N3O3. The minimum Gasteiger partial charge on any atom is -0.390 e. The Hall–Kier alpha value is -2.41. The number of nitrogens with zero attached hydrogens (tertiary/aromatic N) is 2. The number of aromatic nitrogens is 2. The molecule has 0 fully saturated rings. The van der Waals surface area contributed by atoms with Crippen molar-refractivity contribution in [3.8, 4) is 0 Å². The molecule has 2 aromatic heterocycles. The molecule has 3 heterocycles. The Morgan fingerprint density at radius 2 is 2.00 bits per heavy atom. The summed E-state index contributed by atoms with van der Waals surface area (Å²) in [6.45, 7) is 4.24. The molecule has 1 aromatic carbocycles. The van der Waals surface area contributed by atoms with Gasteiger partial charge in [0, 0.05) is 18.4 Å². The van der Waals surface area contributed by atoms with Gasteiger partial charge < -0.3 is 20.3 Å². The van der Waals surface area contributed by atoms with Crippen molar-refractivity contribution < 1.29 is 14.9 Å². The Morgan fingerprint density at radius 1 is 1.23 bits per heavy atom. The predicted octanol–water partition coefficient (Wildman–Crippen LogP) is 2.74. The van der Waals surface area contributed by atoms with Crippen LogP contribution in [0.5, 0.6) is 0 Å². The highest BCUT2D eigenvalue weighted by Crippen LogP contribution is 2.43. The number of hydrogen-bond donors (Lipinski definition) is 3. The van der Waals surface area contributed by atoms with Crippen molar-refractivity contribution in [2.75, 3.05) is 11.9 Å². The van der Waals surface area contributed by atoms with Gasteiger partial charge in [-0.25, -0.2) is 4.98 Å². The highest BCUT2D eigenvalue weighted by molar-refractivity contribution is 5.75. The smallest absolute Gasteiger partial charge is 0.161 e. The van der Waals surface area contributed by atoms with E-state index in [4.69, 9.17) is 4.74 Å². The standard InChI is InChI=1S/C20H23N3O3/c1-3-26-19-14-9-10-23-15(11-24)12(2)21-20(23)17(14)22-16(18(19)25)13-7-5-4-6-8-13/h4-10,16,18-19,22,24-25H,3,11H2,1-2H3/t16-,18-,19-/m1/s1. The number of hydrogen-bond acceptors (Lipinski definition) is 5. The van der Waals surface area contributed by atoms with E-state index in [2.05, 4.69) is 10.3 Å². The van der Waals surface area contributed by atoms with Crippen LogP contribution in [0.15, 0.2) is 42.6 Å². The fraction of sp³-hybridized carbons (Fsp3) is 0.350. The average molecular weight is 353 g/mol. The zero-order chi connectivity index (χ0) is 18.3. The molecule has 6 heteroatoms. The molecule has 0 radical (unpaired) electrons. The summed E-state index contributed by atoms with van der Waals surface area (Å²) >= 11 is 0. The Kier molecular flexibility index (Phi) is 4.40. The first-order chi connectivity index (χ1) is 12.7. The van der Waals surface area contributed by atoms with Gasteiger partial charge in [0.1, 0.15) is 12.2 Å². The molecule has 0 bridgehead atoms. The van der Waals surface area contributed by atoms with Gasteiger partial charge in [0.15, 0.2) is 5.65 Å². The summed E-state index contributed by atoms with van der Waals surface area (Å²) in [5, 5.41) is 24.1. The molecule has 136 valence electrons. The van der Waals surface area contributed by atoms with E-state index >= 15 is 0 Å². The normalized spacial score (nSPS) is 22.2. The molecule has 3 aromatic rings. The first-order valence-corrected chi connectivity index (χ1v) is 8.88. The third-order valence-electron chi connectivity index (χ3n) is 5.04. The van der Waals surface area contributed by atoms with Gasteiger partial charge >= 0.3 is 0 Å². The van der Waals surface area contributed by atoms with E-state index in [1.54, 1.807) is 0 Å². The molecule has 0 spiro atoms. The number of pyridine rings is 1. The third-order valence-corrected chi connectivity index (χ3v) is 5.04. The Labute approximate surface area is 152 Å². The summed E-state index contributed by atoms with van der Waals surface area (Å²) in [5.74, 6) is 0. The van der Waals surface area contributed by atoms with Gasteiger partial charge in [-0.2, -0.15) is 0 Å². The molecule has 0 aliphatic carbocycles. The summed E-state index contributed by atoms with van der Waals surface area (Å²) in [4.78, 5) is 4.65. The summed E-state index contributed by atoms with van der Waals surface area (Å²) < 4.78 is 7.80. The van der Waals surface area contributed by atoms with Crippen LogP contribution in [0.2, 0.25) is 0 Å². The predicted molar refractivity (Wildman–Crippen MR) is 99.0 cm³/mol. The fourth-order valence-corrected chi connectivity index (χ4v) is 3.77. The van der Waals surface area contributed by atoms with Crippen molar-refractivity contribution >= 4 is 11.3 Å². The molecule has 0 saturated heterocycles. The fourth-order valence-electron chi connectivity index (χ4n) is 3.77. The van der Waals surface area contributed by atoms with Crippen LogP contribution in [0.4, 0.5) is 5.69 Å². The zero-order valence-corrected chi connectivity index (χ0v) is 14.9. The monoisotopic (exact) mass is 353 g/mol. The van der Waals surface area contributed by atoms with E-state index in [-0.39, 0.29) is 12.6 Å². The maximum Gasteiger partial charge on any atom is 0.161 e. The van der Waals surface area contributed by atoms with Crippen LogP contribution >= 0.6 is 0 Å². The van der Waals surface area contributed by atoms with Gasteiger partial charge in [-0.15, -0.1) is 0 Å². The van der Waals surface area contributed by atoms with Crippen molar-refractivity contribution in [1.29, 1.82) is 0 Å². The molecule has 26 heavy (non-hydrogen) atoms. The van der Waals surface area contributed by atoms with Crippen molar-refractivity contribution in [3.63, 3.8) is 0 Å².